The first-order valence-electron chi connectivity index (χ1n) is 6.35. The highest BCUT2D eigenvalue weighted by Crippen LogP contribution is 2.24. The number of aromatic nitrogens is 2. The second-order valence-electron chi connectivity index (χ2n) is 4.66. The molecule has 1 aromatic heterocycles. The van der Waals surface area contributed by atoms with Gasteiger partial charge < -0.3 is 0 Å². The second kappa shape index (κ2) is 5.68. The minimum atomic E-state index is -0.666. The van der Waals surface area contributed by atoms with E-state index in [0.717, 1.165) is 11.1 Å². The lowest BCUT2D eigenvalue weighted by Crippen LogP contribution is -2.39. The number of rotatable bonds is 5. The fourth-order valence-corrected chi connectivity index (χ4v) is 2.18. The molecule has 19 heavy (non-hydrogen) atoms. The van der Waals surface area contributed by atoms with Gasteiger partial charge in [-0.05, 0) is 25.1 Å². The topological polar surface area (TPSA) is 53.6 Å². The molecular weight excluding hydrogens is 236 g/mol. The van der Waals surface area contributed by atoms with Crippen LogP contribution in [0.5, 0.6) is 0 Å². The maximum Gasteiger partial charge on any atom is 0.133 e. The molecule has 0 fully saturated rings. The van der Waals surface area contributed by atoms with Crippen LogP contribution in [0.1, 0.15) is 17.5 Å². The minimum Gasteiger partial charge on any atom is -0.299 e. The molecule has 1 unspecified atom stereocenters. The molecule has 0 saturated heterocycles. The van der Waals surface area contributed by atoms with Gasteiger partial charge in [-0.2, -0.15) is 10.4 Å². The number of benzene rings is 1. The van der Waals surface area contributed by atoms with Crippen LogP contribution in [0.25, 0.3) is 0 Å². The zero-order valence-electron chi connectivity index (χ0n) is 11.3. The molecule has 0 aliphatic rings. The van der Waals surface area contributed by atoms with Gasteiger partial charge in [-0.3, -0.25) is 10.00 Å². The van der Waals surface area contributed by atoms with E-state index in [0.29, 0.717) is 13.0 Å². The molecule has 0 amide bonds. The molecule has 2 aromatic rings. The van der Waals surface area contributed by atoms with Crippen molar-refractivity contribution in [2.24, 2.45) is 0 Å². The lowest BCUT2D eigenvalue weighted by atomic mass is 9.88. The maximum absolute atomic E-state index is 9.57. The predicted octanol–water partition coefficient (Wildman–Crippen LogP) is 2.22. The quantitative estimate of drug-likeness (QED) is 0.890. The Bertz CT molecular complexity index is 567. The molecule has 0 aliphatic carbocycles. The fraction of sp³-hybridized carbons (Fsp3) is 0.333. The van der Waals surface area contributed by atoms with Crippen molar-refractivity contribution >= 4 is 0 Å². The van der Waals surface area contributed by atoms with Gasteiger partial charge >= 0.3 is 0 Å². The van der Waals surface area contributed by atoms with E-state index >= 15 is 0 Å². The van der Waals surface area contributed by atoms with E-state index in [9.17, 15) is 5.26 Å². The van der Waals surface area contributed by atoms with Crippen LogP contribution < -0.4 is 5.32 Å². The predicted molar refractivity (Wildman–Crippen MR) is 74.4 cm³/mol. The first-order valence-corrected chi connectivity index (χ1v) is 6.35. The Morgan fingerprint density at radius 1 is 1.37 bits per heavy atom. The van der Waals surface area contributed by atoms with Gasteiger partial charge in [-0.25, -0.2) is 0 Å². The molecule has 1 N–H and O–H groups in total. The summed E-state index contributed by atoms with van der Waals surface area (Å²) in [6, 6.07) is 12.2. The molecule has 98 valence electrons. The van der Waals surface area contributed by atoms with E-state index in [1.165, 1.54) is 0 Å². The molecule has 0 aliphatic heterocycles. The molecule has 0 saturated carbocycles. The van der Waals surface area contributed by atoms with Crippen LogP contribution >= 0.6 is 0 Å². The van der Waals surface area contributed by atoms with Crippen molar-refractivity contribution in [3.63, 3.8) is 0 Å². The van der Waals surface area contributed by atoms with Gasteiger partial charge in [0.2, 0.25) is 0 Å². The van der Waals surface area contributed by atoms with Crippen molar-refractivity contribution in [1.82, 2.24) is 15.1 Å². The van der Waals surface area contributed by atoms with Crippen LogP contribution in [-0.2, 0) is 12.1 Å². The van der Waals surface area contributed by atoms with Crippen LogP contribution in [0.2, 0.25) is 0 Å². The smallest absolute Gasteiger partial charge is 0.133 e. The standard InChI is InChI=1S/C15H18N4/c1-13-10-18-19(11-13)9-8-15(12-16,17-2)14-6-4-3-5-7-14/h3-7,10-11,17H,8-9H2,1-2H3. The lowest BCUT2D eigenvalue weighted by Gasteiger charge is -2.26. The van der Waals surface area contributed by atoms with E-state index in [-0.39, 0.29) is 0 Å². The van der Waals surface area contributed by atoms with Crippen molar-refractivity contribution in [2.45, 2.75) is 25.4 Å². The largest absolute Gasteiger partial charge is 0.299 e. The average Bonchev–Trinajstić information content (AvgIpc) is 2.88. The molecule has 0 spiro atoms. The molecule has 4 heteroatoms. The van der Waals surface area contributed by atoms with E-state index in [1.807, 2.05) is 61.4 Å². The summed E-state index contributed by atoms with van der Waals surface area (Å²) in [4.78, 5) is 0. The van der Waals surface area contributed by atoms with Crippen LogP contribution in [0.4, 0.5) is 0 Å². The van der Waals surface area contributed by atoms with Crippen LogP contribution in [0, 0.1) is 18.3 Å². The normalized spacial score (nSPS) is 13.7. The highest BCUT2D eigenvalue weighted by molar-refractivity contribution is 5.31. The Morgan fingerprint density at radius 2 is 2.11 bits per heavy atom. The molecule has 1 aromatic carbocycles. The first-order chi connectivity index (χ1) is 9.20. The molecule has 1 atom stereocenters. The number of nitrogens with one attached hydrogen (secondary N) is 1. The van der Waals surface area contributed by atoms with Gasteiger partial charge in [0.05, 0.1) is 12.3 Å². The first kappa shape index (κ1) is 13.3. The van der Waals surface area contributed by atoms with Crippen LogP contribution in [0.3, 0.4) is 0 Å². The van der Waals surface area contributed by atoms with Crippen LogP contribution in [-0.4, -0.2) is 16.8 Å². The summed E-state index contributed by atoms with van der Waals surface area (Å²) in [6.45, 7) is 2.72. The lowest BCUT2D eigenvalue weighted by molar-refractivity contribution is 0.390. The molecule has 0 radical (unpaired) electrons. The highest BCUT2D eigenvalue weighted by Gasteiger charge is 2.29. The van der Waals surface area contributed by atoms with Crippen molar-refractivity contribution in [1.29, 1.82) is 5.26 Å². The fourth-order valence-electron chi connectivity index (χ4n) is 2.18. The van der Waals surface area contributed by atoms with Crippen molar-refractivity contribution in [3.8, 4) is 6.07 Å². The van der Waals surface area contributed by atoms with Crippen LogP contribution in [0.15, 0.2) is 42.7 Å². The molecule has 2 rings (SSSR count). The Hall–Kier alpha value is -2.12. The summed E-state index contributed by atoms with van der Waals surface area (Å²) in [5.41, 5.74) is 1.46. The van der Waals surface area contributed by atoms with Crippen molar-refractivity contribution in [3.05, 3.63) is 53.9 Å². The third-order valence-electron chi connectivity index (χ3n) is 3.36. The van der Waals surface area contributed by atoms with Gasteiger partial charge in [-0.1, -0.05) is 30.3 Å². The Balaban J connectivity index is 2.19. The summed E-state index contributed by atoms with van der Waals surface area (Å²) >= 11 is 0. The molecular formula is C15H18N4. The summed E-state index contributed by atoms with van der Waals surface area (Å²) < 4.78 is 1.88. The second-order valence-corrected chi connectivity index (χ2v) is 4.66. The van der Waals surface area contributed by atoms with Gasteiger partial charge in [0.1, 0.15) is 5.54 Å². The summed E-state index contributed by atoms with van der Waals surface area (Å²) in [7, 11) is 1.82. The number of nitriles is 1. The third-order valence-corrected chi connectivity index (χ3v) is 3.36. The van der Waals surface area contributed by atoms with Crippen molar-refractivity contribution < 1.29 is 0 Å². The van der Waals surface area contributed by atoms with Gasteiger partial charge in [0, 0.05) is 19.2 Å². The molecule has 1 heterocycles. The number of hydrogen-bond donors (Lipinski definition) is 1. The van der Waals surface area contributed by atoms with Gasteiger partial charge in [0.15, 0.2) is 0 Å². The Morgan fingerprint density at radius 3 is 2.63 bits per heavy atom. The Labute approximate surface area is 113 Å². The minimum absolute atomic E-state index is 0.666. The third kappa shape index (κ3) is 2.83. The number of nitrogens with zero attached hydrogens (tertiary/aromatic N) is 3. The summed E-state index contributed by atoms with van der Waals surface area (Å²) in [5.74, 6) is 0. The number of aryl methyl sites for hydroxylation is 2. The van der Waals surface area contributed by atoms with E-state index < -0.39 is 5.54 Å². The van der Waals surface area contributed by atoms with E-state index in [1.54, 1.807) is 0 Å². The Kier molecular flexibility index (Phi) is 3.98. The van der Waals surface area contributed by atoms with Crippen molar-refractivity contribution in [2.75, 3.05) is 7.05 Å². The maximum atomic E-state index is 9.57. The highest BCUT2D eigenvalue weighted by atomic mass is 15.3. The van der Waals surface area contributed by atoms with Gasteiger partial charge in [-0.15, -0.1) is 0 Å². The van der Waals surface area contributed by atoms with E-state index in [2.05, 4.69) is 16.5 Å². The molecule has 0 bridgehead atoms. The summed E-state index contributed by atoms with van der Waals surface area (Å²) in [6.07, 6.45) is 4.49. The zero-order chi connectivity index (χ0) is 13.7. The van der Waals surface area contributed by atoms with Gasteiger partial charge in [0.25, 0.3) is 0 Å². The average molecular weight is 254 g/mol. The monoisotopic (exact) mass is 254 g/mol. The molecule has 4 nitrogen and oxygen atoms in total. The SMILES string of the molecule is CNC(C#N)(CCn1cc(C)cn1)c1ccccc1. The number of hydrogen-bond acceptors (Lipinski definition) is 3. The zero-order valence-corrected chi connectivity index (χ0v) is 11.3. The summed E-state index contributed by atoms with van der Waals surface area (Å²) in [5, 5.41) is 17.0. The van der Waals surface area contributed by atoms with E-state index in [4.69, 9.17) is 0 Å².